The molecule has 0 aromatic heterocycles. The van der Waals surface area contributed by atoms with Crippen molar-refractivity contribution in [1.82, 2.24) is 10.6 Å². The van der Waals surface area contributed by atoms with E-state index in [0.717, 1.165) is 4.90 Å². The first-order valence-electron chi connectivity index (χ1n) is 9.49. The van der Waals surface area contributed by atoms with Crippen molar-refractivity contribution in [2.24, 2.45) is 0 Å². The van der Waals surface area contributed by atoms with E-state index in [1.807, 2.05) is 18.2 Å². The summed E-state index contributed by atoms with van der Waals surface area (Å²) in [5.41, 5.74) is 0.410. The minimum atomic E-state index is -0.927. The second-order valence-electron chi connectivity index (χ2n) is 6.88. The predicted octanol–water partition coefficient (Wildman–Crippen LogP) is 1.47. The first-order valence-corrected chi connectivity index (χ1v) is 9.49. The molecule has 4 rings (SSSR count). The lowest BCUT2D eigenvalue weighted by Crippen LogP contribution is -2.43. The fourth-order valence-corrected chi connectivity index (χ4v) is 3.29. The second kappa shape index (κ2) is 8.32. The third-order valence-corrected chi connectivity index (χ3v) is 4.83. The zero-order valence-electron chi connectivity index (χ0n) is 16.3. The van der Waals surface area contributed by atoms with Crippen LogP contribution in [0, 0.1) is 0 Å². The normalized spacial score (nSPS) is 20.0. The van der Waals surface area contributed by atoms with Crippen LogP contribution in [0.2, 0.25) is 0 Å². The zero-order chi connectivity index (χ0) is 21.1. The Bertz CT molecular complexity index is 961. The summed E-state index contributed by atoms with van der Waals surface area (Å²) in [6.45, 7) is 0.534. The van der Waals surface area contributed by atoms with Gasteiger partial charge in [-0.15, -0.1) is 0 Å². The molecule has 0 saturated carbocycles. The van der Waals surface area contributed by atoms with Gasteiger partial charge in [-0.1, -0.05) is 12.1 Å². The van der Waals surface area contributed by atoms with Crippen LogP contribution < -0.4 is 29.7 Å². The summed E-state index contributed by atoms with van der Waals surface area (Å²) in [6, 6.07) is 12.3. The molecular weight excluding hydrogens is 390 g/mol. The first kappa shape index (κ1) is 19.6. The van der Waals surface area contributed by atoms with Crippen LogP contribution in [0.5, 0.6) is 17.2 Å². The standard InChI is InChI=1S/C21H21N3O6/c1-28-14-8-6-13(7-9-14)24-20(26)16(23-21(24)27)10-19(25)22-11-15-12-29-17-4-2-3-5-18(17)30-15/h2-9,15-16H,10-12H2,1H3,(H,22,25)(H,23,27)/t15?,16-/m0/s1. The van der Waals surface area contributed by atoms with Crippen LogP contribution >= 0.6 is 0 Å². The number of hydrogen-bond acceptors (Lipinski definition) is 6. The highest BCUT2D eigenvalue weighted by Crippen LogP contribution is 2.30. The Balaban J connectivity index is 1.30. The summed E-state index contributed by atoms with van der Waals surface area (Å²) in [5.74, 6) is 1.05. The molecule has 4 amide bonds. The number of para-hydroxylation sites is 2. The van der Waals surface area contributed by atoms with Gasteiger partial charge < -0.3 is 24.8 Å². The molecule has 0 spiro atoms. The number of carbonyl (C=O) groups excluding carboxylic acids is 3. The smallest absolute Gasteiger partial charge is 0.329 e. The molecule has 2 heterocycles. The predicted molar refractivity (Wildman–Crippen MR) is 107 cm³/mol. The number of nitrogens with one attached hydrogen (secondary N) is 2. The maximum absolute atomic E-state index is 12.6. The molecule has 156 valence electrons. The number of anilines is 1. The van der Waals surface area contributed by atoms with Gasteiger partial charge >= 0.3 is 6.03 Å². The summed E-state index contributed by atoms with van der Waals surface area (Å²) < 4.78 is 16.5. The summed E-state index contributed by atoms with van der Waals surface area (Å²) in [5, 5.41) is 5.28. The largest absolute Gasteiger partial charge is 0.497 e. The molecule has 9 heteroatoms. The highest BCUT2D eigenvalue weighted by Gasteiger charge is 2.40. The van der Waals surface area contributed by atoms with E-state index in [1.54, 1.807) is 30.3 Å². The number of amides is 4. The van der Waals surface area contributed by atoms with Crippen molar-refractivity contribution in [3.8, 4) is 17.2 Å². The van der Waals surface area contributed by atoms with Gasteiger partial charge in [-0.25, -0.2) is 9.69 Å². The molecule has 2 aliphatic rings. The Morgan fingerprint density at radius 1 is 1.17 bits per heavy atom. The number of carbonyl (C=O) groups is 3. The molecule has 2 aromatic carbocycles. The lowest BCUT2D eigenvalue weighted by Gasteiger charge is -2.26. The van der Waals surface area contributed by atoms with E-state index in [-0.39, 0.29) is 25.0 Å². The van der Waals surface area contributed by atoms with Crippen LogP contribution in [-0.2, 0) is 9.59 Å². The number of fused-ring (bicyclic) bond motifs is 1. The Morgan fingerprint density at radius 3 is 2.63 bits per heavy atom. The van der Waals surface area contributed by atoms with E-state index in [2.05, 4.69) is 10.6 Å². The van der Waals surface area contributed by atoms with Crippen LogP contribution in [0.25, 0.3) is 0 Å². The van der Waals surface area contributed by atoms with Crippen molar-refractivity contribution < 1.29 is 28.6 Å². The fourth-order valence-electron chi connectivity index (χ4n) is 3.29. The van der Waals surface area contributed by atoms with Gasteiger partial charge in [0, 0.05) is 0 Å². The van der Waals surface area contributed by atoms with Gasteiger partial charge in [0.1, 0.15) is 24.5 Å². The van der Waals surface area contributed by atoms with E-state index in [4.69, 9.17) is 14.2 Å². The molecule has 9 nitrogen and oxygen atoms in total. The van der Waals surface area contributed by atoms with Crippen molar-refractivity contribution in [3.63, 3.8) is 0 Å². The number of hydrogen-bond donors (Lipinski definition) is 2. The van der Waals surface area contributed by atoms with Gasteiger partial charge in [0.25, 0.3) is 5.91 Å². The lowest BCUT2D eigenvalue weighted by molar-refractivity contribution is -0.125. The number of urea groups is 1. The summed E-state index contributed by atoms with van der Waals surface area (Å²) in [4.78, 5) is 38.2. The summed E-state index contributed by atoms with van der Waals surface area (Å²) >= 11 is 0. The first-order chi connectivity index (χ1) is 14.5. The van der Waals surface area contributed by atoms with Gasteiger partial charge in [-0.3, -0.25) is 9.59 Å². The summed E-state index contributed by atoms with van der Waals surface area (Å²) in [7, 11) is 1.53. The average Bonchev–Trinajstić information content (AvgIpc) is 3.05. The van der Waals surface area contributed by atoms with Gasteiger partial charge in [-0.05, 0) is 36.4 Å². The zero-order valence-corrected chi connectivity index (χ0v) is 16.3. The number of methoxy groups -OCH3 is 1. The van der Waals surface area contributed by atoms with Crippen molar-refractivity contribution in [2.45, 2.75) is 18.6 Å². The van der Waals surface area contributed by atoms with E-state index in [9.17, 15) is 14.4 Å². The van der Waals surface area contributed by atoms with Gasteiger partial charge in [0.15, 0.2) is 11.5 Å². The molecule has 1 unspecified atom stereocenters. The molecule has 2 atom stereocenters. The van der Waals surface area contributed by atoms with Crippen LogP contribution in [-0.4, -0.2) is 50.3 Å². The number of rotatable bonds is 6. The van der Waals surface area contributed by atoms with Crippen molar-refractivity contribution in [1.29, 1.82) is 0 Å². The SMILES string of the molecule is COc1ccc(N2C(=O)N[C@@H](CC(=O)NCC3COc4ccccc4O3)C2=O)cc1. The quantitative estimate of drug-likeness (QED) is 0.698. The van der Waals surface area contributed by atoms with Crippen LogP contribution in [0.4, 0.5) is 10.5 Å². The molecule has 0 bridgehead atoms. The second-order valence-corrected chi connectivity index (χ2v) is 6.88. The van der Waals surface area contributed by atoms with Gasteiger partial charge in [0.05, 0.1) is 25.8 Å². The van der Waals surface area contributed by atoms with Gasteiger partial charge in [-0.2, -0.15) is 0 Å². The van der Waals surface area contributed by atoms with Crippen molar-refractivity contribution >= 4 is 23.5 Å². The van der Waals surface area contributed by atoms with Crippen molar-refractivity contribution in [2.75, 3.05) is 25.2 Å². The number of benzene rings is 2. The van der Waals surface area contributed by atoms with E-state index in [1.165, 1.54) is 7.11 Å². The monoisotopic (exact) mass is 411 g/mol. The molecule has 1 saturated heterocycles. The topological polar surface area (TPSA) is 106 Å². The Labute approximate surface area is 172 Å². The number of ether oxygens (including phenoxy) is 3. The molecular formula is C21H21N3O6. The average molecular weight is 411 g/mol. The van der Waals surface area contributed by atoms with Crippen LogP contribution in [0.15, 0.2) is 48.5 Å². The lowest BCUT2D eigenvalue weighted by atomic mass is 10.2. The Morgan fingerprint density at radius 2 is 1.90 bits per heavy atom. The highest BCUT2D eigenvalue weighted by molar-refractivity contribution is 6.22. The molecule has 0 aliphatic carbocycles. The molecule has 2 N–H and O–H groups in total. The van der Waals surface area contributed by atoms with Crippen LogP contribution in [0.1, 0.15) is 6.42 Å². The fraction of sp³-hybridized carbons (Fsp3) is 0.286. The van der Waals surface area contributed by atoms with Crippen LogP contribution in [0.3, 0.4) is 0 Å². The maximum Gasteiger partial charge on any atom is 0.329 e. The summed E-state index contributed by atoms with van der Waals surface area (Å²) in [6.07, 6.45) is -0.505. The molecule has 0 radical (unpaired) electrons. The molecule has 2 aliphatic heterocycles. The third kappa shape index (κ3) is 4.00. The Hall–Kier alpha value is -3.75. The molecule has 2 aromatic rings. The number of nitrogens with zero attached hydrogens (tertiary/aromatic N) is 1. The molecule has 30 heavy (non-hydrogen) atoms. The maximum atomic E-state index is 12.6. The van der Waals surface area contributed by atoms with E-state index in [0.29, 0.717) is 29.5 Å². The van der Waals surface area contributed by atoms with Crippen molar-refractivity contribution in [3.05, 3.63) is 48.5 Å². The minimum absolute atomic E-state index is 0.165. The van der Waals surface area contributed by atoms with Gasteiger partial charge in [0.2, 0.25) is 5.91 Å². The van der Waals surface area contributed by atoms with E-state index < -0.39 is 18.0 Å². The highest BCUT2D eigenvalue weighted by atomic mass is 16.6. The van der Waals surface area contributed by atoms with E-state index >= 15 is 0 Å². The minimum Gasteiger partial charge on any atom is -0.497 e. The number of imide groups is 1. The Kier molecular flexibility index (Phi) is 5.42. The third-order valence-electron chi connectivity index (χ3n) is 4.83. The molecule has 1 fully saturated rings.